The van der Waals surface area contributed by atoms with E-state index in [-0.39, 0.29) is 37.4 Å². The Bertz CT molecular complexity index is 915. The quantitative estimate of drug-likeness (QED) is 0.656. The summed E-state index contributed by atoms with van der Waals surface area (Å²) >= 11 is 0. The van der Waals surface area contributed by atoms with Gasteiger partial charge in [-0.1, -0.05) is 36.4 Å². The summed E-state index contributed by atoms with van der Waals surface area (Å²) in [6.45, 7) is 1.78. The van der Waals surface area contributed by atoms with Crippen LogP contribution < -0.4 is 9.64 Å². The monoisotopic (exact) mass is 410 g/mol. The van der Waals surface area contributed by atoms with Gasteiger partial charge >= 0.3 is 5.97 Å². The minimum atomic E-state index is -0.603. The zero-order chi connectivity index (χ0) is 21.7. The van der Waals surface area contributed by atoms with Crippen LogP contribution in [-0.4, -0.2) is 50.0 Å². The van der Waals surface area contributed by atoms with Crippen LogP contribution in [0.1, 0.15) is 24.9 Å². The molecule has 1 saturated heterocycles. The zero-order valence-electron chi connectivity index (χ0n) is 17.4. The molecule has 0 bridgehead atoms. The highest BCUT2D eigenvalue weighted by atomic mass is 16.5. The number of hydrogen-bond acceptors (Lipinski definition) is 5. The van der Waals surface area contributed by atoms with E-state index in [2.05, 4.69) is 0 Å². The van der Waals surface area contributed by atoms with E-state index in [4.69, 9.17) is 9.47 Å². The highest BCUT2D eigenvalue weighted by molar-refractivity contribution is 5.99. The molecule has 0 spiro atoms. The third-order valence-electron chi connectivity index (χ3n) is 5.42. The van der Waals surface area contributed by atoms with Gasteiger partial charge in [-0.2, -0.15) is 0 Å². The lowest BCUT2D eigenvalue weighted by atomic mass is 10.1. The summed E-state index contributed by atoms with van der Waals surface area (Å²) in [4.78, 5) is 40.4. The summed E-state index contributed by atoms with van der Waals surface area (Å²) in [7, 11) is 3.23. The molecule has 0 aromatic heterocycles. The van der Waals surface area contributed by atoms with Gasteiger partial charge in [0.05, 0.1) is 19.1 Å². The summed E-state index contributed by atoms with van der Waals surface area (Å²) in [5.74, 6) is -0.969. The second-order valence-corrected chi connectivity index (χ2v) is 7.31. The van der Waals surface area contributed by atoms with Crippen molar-refractivity contribution in [1.82, 2.24) is 4.90 Å². The van der Waals surface area contributed by atoms with Crippen LogP contribution in [-0.2, 0) is 19.1 Å². The summed E-state index contributed by atoms with van der Waals surface area (Å²) in [6, 6.07) is 16.6. The van der Waals surface area contributed by atoms with Gasteiger partial charge < -0.3 is 19.3 Å². The van der Waals surface area contributed by atoms with E-state index in [1.807, 2.05) is 37.3 Å². The molecule has 7 nitrogen and oxygen atoms in total. The minimum Gasteiger partial charge on any atom is -0.497 e. The van der Waals surface area contributed by atoms with Crippen LogP contribution in [0.4, 0.5) is 5.69 Å². The first-order chi connectivity index (χ1) is 14.4. The largest absolute Gasteiger partial charge is 0.497 e. The van der Waals surface area contributed by atoms with Gasteiger partial charge in [0, 0.05) is 31.8 Å². The molecule has 2 atom stereocenters. The molecule has 2 unspecified atom stereocenters. The number of esters is 1. The molecule has 0 radical (unpaired) electrons. The molecule has 1 heterocycles. The molecular formula is C23H26N2O5. The number of methoxy groups -OCH3 is 1. The van der Waals surface area contributed by atoms with Crippen LogP contribution >= 0.6 is 0 Å². The maximum Gasteiger partial charge on any atom is 0.311 e. The fourth-order valence-electron chi connectivity index (χ4n) is 3.42. The predicted molar refractivity (Wildman–Crippen MR) is 112 cm³/mol. The predicted octanol–water partition coefficient (Wildman–Crippen LogP) is 2.81. The Morgan fingerprint density at radius 2 is 1.90 bits per heavy atom. The lowest BCUT2D eigenvalue weighted by Gasteiger charge is -2.25. The van der Waals surface area contributed by atoms with Crippen LogP contribution in [0.2, 0.25) is 0 Å². The van der Waals surface area contributed by atoms with Gasteiger partial charge in [-0.15, -0.1) is 0 Å². The molecule has 1 aliphatic rings. The maximum absolute atomic E-state index is 12.5. The molecule has 0 aliphatic carbocycles. The average molecular weight is 410 g/mol. The molecular weight excluding hydrogens is 384 g/mol. The smallest absolute Gasteiger partial charge is 0.311 e. The molecule has 2 aromatic carbocycles. The van der Waals surface area contributed by atoms with Crippen LogP contribution in [0.3, 0.4) is 0 Å². The van der Waals surface area contributed by atoms with Crippen LogP contribution in [0.25, 0.3) is 0 Å². The summed E-state index contributed by atoms with van der Waals surface area (Å²) in [5, 5.41) is 0. The van der Waals surface area contributed by atoms with Crippen molar-refractivity contribution in [3.05, 3.63) is 60.2 Å². The van der Waals surface area contributed by atoms with Gasteiger partial charge in [0.2, 0.25) is 5.91 Å². The van der Waals surface area contributed by atoms with Gasteiger partial charge in [0.15, 0.2) is 6.61 Å². The second-order valence-electron chi connectivity index (χ2n) is 7.31. The standard InChI is InChI=1S/C23H26N2O5/c1-16(17-8-5-4-6-9-17)24(2)22(27)15-30-23(28)18-12-21(26)25(14-18)19-10-7-11-20(13-19)29-3/h4-11,13,16,18H,12,14-15H2,1-3H3. The van der Waals surface area contributed by atoms with Crippen molar-refractivity contribution in [2.24, 2.45) is 5.92 Å². The number of hydrogen-bond donors (Lipinski definition) is 0. The Kier molecular flexibility index (Phi) is 6.72. The third kappa shape index (κ3) is 4.79. The molecule has 2 amide bonds. The first-order valence-electron chi connectivity index (χ1n) is 9.82. The van der Waals surface area contributed by atoms with E-state index in [1.54, 1.807) is 48.2 Å². The second kappa shape index (κ2) is 9.43. The number of amides is 2. The molecule has 158 valence electrons. The number of benzene rings is 2. The fraction of sp³-hybridized carbons (Fsp3) is 0.348. The summed E-state index contributed by atoms with van der Waals surface area (Å²) < 4.78 is 10.4. The number of carbonyl (C=O) groups is 3. The molecule has 1 aliphatic heterocycles. The van der Waals surface area contributed by atoms with Gasteiger partial charge in [-0.25, -0.2) is 0 Å². The van der Waals surface area contributed by atoms with Crippen molar-refractivity contribution in [2.75, 3.05) is 32.2 Å². The third-order valence-corrected chi connectivity index (χ3v) is 5.42. The van der Waals surface area contributed by atoms with Gasteiger partial charge in [0.1, 0.15) is 5.75 Å². The first kappa shape index (κ1) is 21.4. The van der Waals surface area contributed by atoms with E-state index in [1.165, 1.54) is 0 Å². The normalized spacial score (nSPS) is 16.8. The maximum atomic E-state index is 12.5. The van der Waals surface area contributed by atoms with E-state index in [9.17, 15) is 14.4 Å². The molecule has 1 fully saturated rings. The molecule has 0 N–H and O–H groups in total. The van der Waals surface area contributed by atoms with E-state index in [0.29, 0.717) is 11.4 Å². The van der Waals surface area contributed by atoms with Crippen molar-refractivity contribution in [1.29, 1.82) is 0 Å². The zero-order valence-corrected chi connectivity index (χ0v) is 17.4. The van der Waals surface area contributed by atoms with Crippen LogP contribution in [0.5, 0.6) is 5.75 Å². The van der Waals surface area contributed by atoms with Crippen molar-refractivity contribution in [3.63, 3.8) is 0 Å². The van der Waals surface area contributed by atoms with Crippen LogP contribution in [0.15, 0.2) is 54.6 Å². The molecule has 3 rings (SSSR count). The Hall–Kier alpha value is -3.35. The fourth-order valence-corrected chi connectivity index (χ4v) is 3.42. The van der Waals surface area contributed by atoms with Gasteiger partial charge in [0.25, 0.3) is 5.91 Å². The first-order valence-corrected chi connectivity index (χ1v) is 9.82. The lowest BCUT2D eigenvalue weighted by Crippen LogP contribution is -2.34. The van der Waals surface area contributed by atoms with E-state index < -0.39 is 11.9 Å². The Morgan fingerprint density at radius 1 is 1.17 bits per heavy atom. The van der Waals surface area contributed by atoms with Crippen molar-refractivity contribution in [3.8, 4) is 5.75 Å². The highest BCUT2D eigenvalue weighted by Gasteiger charge is 2.36. The number of carbonyl (C=O) groups excluding carboxylic acids is 3. The molecule has 2 aromatic rings. The van der Waals surface area contributed by atoms with Crippen LogP contribution in [0, 0.1) is 5.92 Å². The van der Waals surface area contributed by atoms with Crippen molar-refractivity contribution in [2.45, 2.75) is 19.4 Å². The lowest BCUT2D eigenvalue weighted by molar-refractivity contribution is -0.155. The molecule has 7 heteroatoms. The number of anilines is 1. The summed E-state index contributed by atoms with van der Waals surface area (Å²) in [6.07, 6.45) is 0.0560. The highest BCUT2D eigenvalue weighted by Crippen LogP contribution is 2.28. The minimum absolute atomic E-state index is 0.0560. The molecule has 0 saturated carbocycles. The number of rotatable bonds is 7. The van der Waals surface area contributed by atoms with Crippen molar-refractivity contribution < 1.29 is 23.9 Å². The van der Waals surface area contributed by atoms with Crippen molar-refractivity contribution >= 4 is 23.5 Å². The average Bonchev–Trinajstić information content (AvgIpc) is 3.18. The Morgan fingerprint density at radius 3 is 2.60 bits per heavy atom. The Balaban J connectivity index is 1.55. The number of ether oxygens (including phenoxy) is 2. The number of nitrogens with zero attached hydrogens (tertiary/aromatic N) is 2. The van der Waals surface area contributed by atoms with E-state index in [0.717, 1.165) is 5.56 Å². The molecule has 30 heavy (non-hydrogen) atoms. The number of likely N-dealkylation sites (N-methyl/N-ethyl adjacent to an activating group) is 1. The van der Waals surface area contributed by atoms with E-state index >= 15 is 0 Å². The van der Waals surface area contributed by atoms with Gasteiger partial charge in [-0.3, -0.25) is 14.4 Å². The van der Waals surface area contributed by atoms with Gasteiger partial charge in [-0.05, 0) is 24.6 Å². The summed E-state index contributed by atoms with van der Waals surface area (Å²) in [5.41, 5.74) is 1.66. The topological polar surface area (TPSA) is 76.2 Å². The SMILES string of the molecule is COc1cccc(N2CC(C(=O)OCC(=O)N(C)C(C)c3ccccc3)CC2=O)c1. The Labute approximate surface area is 176 Å².